The highest BCUT2D eigenvalue weighted by atomic mass is 19.1. The minimum Gasteiger partial charge on any atom is -0.372 e. The smallest absolute Gasteiger partial charge is 0.246 e. The van der Waals surface area contributed by atoms with Gasteiger partial charge in [-0.1, -0.05) is 30.4 Å². The van der Waals surface area contributed by atoms with E-state index in [4.69, 9.17) is 0 Å². The Kier molecular flexibility index (Phi) is 10.8. The van der Waals surface area contributed by atoms with Gasteiger partial charge in [0.05, 0.1) is 11.8 Å². The first-order chi connectivity index (χ1) is 18.7. The molecule has 3 rings (SSSR count). The topological polar surface area (TPSA) is 102 Å². The van der Waals surface area contributed by atoms with E-state index in [1.165, 1.54) is 23.1 Å². The number of likely N-dealkylation sites (N-methyl/N-ethyl adjacent to an activating group) is 2. The molecule has 208 valence electrons. The third-order valence-corrected chi connectivity index (χ3v) is 6.58. The fourth-order valence-corrected chi connectivity index (χ4v) is 4.22. The van der Waals surface area contributed by atoms with Crippen molar-refractivity contribution in [3.8, 4) is 11.8 Å². The van der Waals surface area contributed by atoms with Crippen LogP contribution in [0, 0.1) is 23.6 Å². The zero-order valence-electron chi connectivity index (χ0n) is 23.3. The van der Waals surface area contributed by atoms with Crippen LogP contribution in [0.4, 0.5) is 21.8 Å². The van der Waals surface area contributed by atoms with Gasteiger partial charge in [0.1, 0.15) is 17.7 Å². The Balaban J connectivity index is 1.58. The van der Waals surface area contributed by atoms with Crippen molar-refractivity contribution < 1.29 is 14.0 Å². The summed E-state index contributed by atoms with van der Waals surface area (Å²) in [7, 11) is 7.25. The highest BCUT2D eigenvalue weighted by Crippen LogP contribution is 2.25. The highest BCUT2D eigenvalue weighted by Gasteiger charge is 2.26. The van der Waals surface area contributed by atoms with Gasteiger partial charge in [0.15, 0.2) is 0 Å². The first-order valence-corrected chi connectivity index (χ1v) is 13.1. The van der Waals surface area contributed by atoms with E-state index in [0.29, 0.717) is 29.6 Å². The number of halogens is 1. The van der Waals surface area contributed by atoms with E-state index in [1.54, 1.807) is 45.4 Å². The molecule has 1 aromatic carbocycles. The van der Waals surface area contributed by atoms with Crippen molar-refractivity contribution in [2.75, 3.05) is 45.4 Å². The maximum Gasteiger partial charge on any atom is 0.246 e. The van der Waals surface area contributed by atoms with Crippen LogP contribution < -0.4 is 16.0 Å². The van der Waals surface area contributed by atoms with Crippen LogP contribution >= 0.6 is 0 Å². The predicted octanol–water partition coefficient (Wildman–Crippen LogP) is 3.39. The van der Waals surface area contributed by atoms with Crippen molar-refractivity contribution in [1.29, 1.82) is 0 Å². The summed E-state index contributed by atoms with van der Waals surface area (Å²) in [5, 5.41) is 9.14. The second kappa shape index (κ2) is 14.3. The van der Waals surface area contributed by atoms with Gasteiger partial charge < -0.3 is 25.8 Å². The Morgan fingerprint density at radius 2 is 2.05 bits per heavy atom. The summed E-state index contributed by atoms with van der Waals surface area (Å²) < 4.78 is 13.5. The van der Waals surface area contributed by atoms with E-state index >= 15 is 0 Å². The fraction of sp³-hybridized carbons (Fsp3) is 0.448. The molecule has 39 heavy (non-hydrogen) atoms. The summed E-state index contributed by atoms with van der Waals surface area (Å²) in [6.45, 7) is 2.39. The van der Waals surface area contributed by atoms with E-state index in [9.17, 15) is 14.0 Å². The summed E-state index contributed by atoms with van der Waals surface area (Å²) >= 11 is 0. The second-order valence-corrected chi connectivity index (χ2v) is 9.97. The number of hydrogen-bond donors (Lipinski definition) is 3. The fourth-order valence-electron chi connectivity index (χ4n) is 4.22. The normalized spacial score (nSPS) is 17.7. The third kappa shape index (κ3) is 9.07. The van der Waals surface area contributed by atoms with Crippen molar-refractivity contribution in [3.63, 3.8) is 0 Å². The predicted molar refractivity (Wildman–Crippen MR) is 152 cm³/mol. The summed E-state index contributed by atoms with van der Waals surface area (Å²) in [5.41, 5.74) is 1.21. The number of amides is 2. The van der Waals surface area contributed by atoms with Crippen LogP contribution in [0.25, 0.3) is 0 Å². The minimum atomic E-state index is -0.581. The Morgan fingerprint density at radius 3 is 2.77 bits per heavy atom. The van der Waals surface area contributed by atoms with Gasteiger partial charge in [0.25, 0.3) is 0 Å². The van der Waals surface area contributed by atoms with Gasteiger partial charge in [-0.2, -0.15) is 4.98 Å². The van der Waals surface area contributed by atoms with Gasteiger partial charge in [-0.15, -0.1) is 0 Å². The number of nitrogens with zero attached hydrogens (tertiary/aromatic N) is 4. The van der Waals surface area contributed by atoms with Crippen LogP contribution in [0.2, 0.25) is 0 Å². The van der Waals surface area contributed by atoms with E-state index in [2.05, 4.69) is 37.8 Å². The molecule has 0 bridgehead atoms. The monoisotopic (exact) mass is 535 g/mol. The number of rotatable bonds is 9. The molecule has 1 fully saturated rings. The zero-order valence-corrected chi connectivity index (χ0v) is 23.3. The van der Waals surface area contributed by atoms with Crippen LogP contribution in [0.5, 0.6) is 0 Å². The first kappa shape index (κ1) is 29.6. The number of benzene rings is 1. The highest BCUT2D eigenvalue weighted by molar-refractivity contribution is 5.92. The summed E-state index contributed by atoms with van der Waals surface area (Å²) in [4.78, 5) is 37.5. The largest absolute Gasteiger partial charge is 0.372 e. The lowest BCUT2D eigenvalue weighted by Gasteiger charge is -2.30. The number of nitrogens with one attached hydrogen (secondary N) is 3. The zero-order chi connectivity index (χ0) is 28.4. The van der Waals surface area contributed by atoms with Crippen molar-refractivity contribution >= 4 is 29.3 Å². The van der Waals surface area contributed by atoms with Gasteiger partial charge in [0.2, 0.25) is 17.8 Å². The minimum absolute atomic E-state index is 0.00125. The first-order valence-electron chi connectivity index (χ1n) is 13.1. The Labute approximate surface area is 230 Å². The van der Waals surface area contributed by atoms with Crippen LogP contribution in [0.1, 0.15) is 38.2 Å². The average molecular weight is 536 g/mol. The van der Waals surface area contributed by atoms with Crippen molar-refractivity contribution in [2.45, 2.75) is 44.7 Å². The van der Waals surface area contributed by atoms with Crippen LogP contribution in [-0.2, 0) is 9.59 Å². The van der Waals surface area contributed by atoms with Crippen LogP contribution in [0.15, 0.2) is 42.6 Å². The maximum atomic E-state index is 13.5. The number of carbonyl (C=O) groups is 2. The molecule has 1 aromatic heterocycles. The van der Waals surface area contributed by atoms with Crippen molar-refractivity contribution in [1.82, 2.24) is 25.1 Å². The van der Waals surface area contributed by atoms with Gasteiger partial charge in [0, 0.05) is 44.4 Å². The lowest BCUT2D eigenvalue weighted by Crippen LogP contribution is -2.49. The average Bonchev–Trinajstić information content (AvgIpc) is 2.91. The Bertz CT molecular complexity index is 1240. The molecule has 0 radical (unpaired) electrons. The molecule has 0 spiro atoms. The molecule has 1 aliphatic rings. The number of anilines is 3. The maximum absolute atomic E-state index is 13.5. The molecular formula is C29H38FN7O2. The number of aromatic nitrogens is 2. The number of carbonyl (C=O) groups excluding carboxylic acids is 2. The van der Waals surface area contributed by atoms with E-state index < -0.39 is 6.04 Å². The molecule has 0 unspecified atom stereocenters. The Hall–Kier alpha value is -3.97. The van der Waals surface area contributed by atoms with Crippen molar-refractivity contribution in [3.05, 3.63) is 54.0 Å². The standard InChI is InChI=1S/C29H38FN7O2/c1-20(37(5)26(38)13-8-16-36(3)4)28(39)33-24-11-6-9-21(17-24)14-15-22-19-32-29(35-27(22)31-2)34-25-12-7-10-23(30)18-25/h7-8,10,12-13,18-21,24H,6,9,11,16-17H2,1-5H3,(H,33,39)(H2,31,32,34,35)/t20-,21-,24-/m0/s1. The molecule has 1 saturated carbocycles. The van der Waals surface area contributed by atoms with E-state index in [1.807, 2.05) is 19.0 Å². The molecule has 2 amide bonds. The summed E-state index contributed by atoms with van der Waals surface area (Å²) in [6, 6.07) is 5.50. The quantitative estimate of drug-likeness (QED) is 0.334. The molecule has 1 aliphatic carbocycles. The molecular weight excluding hydrogens is 497 g/mol. The molecule has 3 atom stereocenters. The number of hydrogen-bond acceptors (Lipinski definition) is 7. The van der Waals surface area contributed by atoms with Crippen LogP contribution in [-0.4, -0.2) is 78.4 Å². The van der Waals surface area contributed by atoms with Crippen molar-refractivity contribution in [2.24, 2.45) is 5.92 Å². The Morgan fingerprint density at radius 1 is 1.26 bits per heavy atom. The van der Waals surface area contributed by atoms with Gasteiger partial charge in [-0.3, -0.25) is 9.59 Å². The summed E-state index contributed by atoms with van der Waals surface area (Å²) in [5.74, 6) is 6.81. The van der Waals surface area contributed by atoms with Gasteiger partial charge >= 0.3 is 0 Å². The lowest BCUT2D eigenvalue weighted by atomic mass is 9.86. The third-order valence-electron chi connectivity index (χ3n) is 6.58. The lowest BCUT2D eigenvalue weighted by molar-refractivity contribution is -0.135. The SMILES string of the molecule is CNc1nc(Nc2cccc(F)c2)ncc1C#C[C@@H]1CCC[C@H](NC(=O)[C@H](C)N(C)C(=O)C=CCN(C)C)C1. The molecule has 10 heteroatoms. The van der Waals surface area contributed by atoms with E-state index in [0.717, 1.165) is 25.7 Å². The molecule has 2 aromatic rings. The second-order valence-electron chi connectivity index (χ2n) is 9.97. The molecule has 1 heterocycles. The molecule has 9 nitrogen and oxygen atoms in total. The summed E-state index contributed by atoms with van der Waals surface area (Å²) in [6.07, 6.45) is 8.43. The molecule has 0 aliphatic heterocycles. The molecule has 0 saturated heterocycles. The van der Waals surface area contributed by atoms with Crippen LogP contribution in [0.3, 0.4) is 0 Å². The van der Waals surface area contributed by atoms with Gasteiger partial charge in [-0.05, 0) is 58.5 Å². The molecule has 3 N–H and O–H groups in total. The van der Waals surface area contributed by atoms with E-state index in [-0.39, 0.29) is 29.6 Å². The van der Waals surface area contributed by atoms with Gasteiger partial charge in [-0.25, -0.2) is 9.37 Å².